The van der Waals surface area contributed by atoms with Gasteiger partial charge in [-0.1, -0.05) is 18.2 Å². The van der Waals surface area contributed by atoms with Gasteiger partial charge in [-0.3, -0.25) is 25.0 Å². The predicted molar refractivity (Wildman–Crippen MR) is 95.0 cm³/mol. The van der Waals surface area contributed by atoms with E-state index in [0.717, 1.165) is 29.0 Å². The highest BCUT2D eigenvalue weighted by molar-refractivity contribution is 8.00. The molecule has 0 fully saturated rings. The van der Waals surface area contributed by atoms with Gasteiger partial charge in [0, 0.05) is 11.8 Å². The fraction of sp³-hybridized carbons (Fsp3) is 0.188. The van der Waals surface area contributed by atoms with Gasteiger partial charge in [-0.2, -0.15) is 0 Å². The number of nitrogens with zero attached hydrogens (tertiary/aromatic N) is 2. The van der Waals surface area contributed by atoms with Crippen LogP contribution in [-0.2, 0) is 4.79 Å². The molecular formula is C16H15N3O5S. The number of hydrogen-bond acceptors (Lipinski definition) is 6. The van der Waals surface area contributed by atoms with Gasteiger partial charge in [-0.25, -0.2) is 0 Å². The molecule has 0 bridgehead atoms. The number of hydrogen-bond donors (Lipinski definition) is 1. The highest BCUT2D eigenvalue weighted by atomic mass is 32.2. The number of anilines is 1. The summed E-state index contributed by atoms with van der Waals surface area (Å²) in [6.45, 7) is 3.74. The van der Waals surface area contributed by atoms with Gasteiger partial charge in [0.15, 0.2) is 0 Å². The van der Waals surface area contributed by atoms with E-state index in [0.29, 0.717) is 5.69 Å². The molecule has 9 heteroatoms. The van der Waals surface area contributed by atoms with Crippen LogP contribution < -0.4 is 5.32 Å². The summed E-state index contributed by atoms with van der Waals surface area (Å²) in [7, 11) is 0. The molecule has 1 amide bonds. The highest BCUT2D eigenvalue weighted by Crippen LogP contribution is 2.32. The topological polar surface area (TPSA) is 115 Å². The number of nitro benzene ring substituents is 2. The number of carbonyl (C=O) groups is 1. The first kappa shape index (κ1) is 18.4. The number of non-ortho nitro benzene ring substituents is 1. The van der Waals surface area contributed by atoms with Gasteiger partial charge in [-0.15, -0.1) is 11.8 Å². The van der Waals surface area contributed by atoms with E-state index < -0.39 is 9.85 Å². The van der Waals surface area contributed by atoms with Crippen LogP contribution in [-0.4, -0.2) is 21.5 Å². The molecule has 1 N–H and O–H groups in total. The molecule has 0 radical (unpaired) electrons. The first-order chi connectivity index (χ1) is 11.8. The summed E-state index contributed by atoms with van der Waals surface area (Å²) in [6.07, 6.45) is 0. The van der Waals surface area contributed by atoms with Crippen LogP contribution in [0.3, 0.4) is 0 Å². The molecule has 0 saturated carbocycles. The van der Waals surface area contributed by atoms with Crippen molar-refractivity contribution in [3.8, 4) is 0 Å². The van der Waals surface area contributed by atoms with Crippen molar-refractivity contribution in [3.63, 3.8) is 0 Å². The van der Waals surface area contributed by atoms with Crippen LogP contribution in [0.1, 0.15) is 11.1 Å². The lowest BCUT2D eigenvalue weighted by molar-refractivity contribution is -0.396. The van der Waals surface area contributed by atoms with Crippen molar-refractivity contribution in [1.82, 2.24) is 0 Å². The maximum Gasteiger partial charge on any atom is 0.289 e. The molecule has 0 aliphatic heterocycles. The second kappa shape index (κ2) is 7.75. The molecule has 0 aliphatic rings. The standard InChI is InChI=1S/C16H15N3O5S/c1-10-4-3-5-11(2)16(10)17-15(20)9-25-14-7-6-12(18(21)22)8-13(14)19(23)24/h3-8H,9H2,1-2H3,(H,17,20). The van der Waals surface area contributed by atoms with E-state index in [9.17, 15) is 25.0 Å². The molecule has 0 saturated heterocycles. The van der Waals surface area contributed by atoms with E-state index in [-0.39, 0.29) is 27.9 Å². The van der Waals surface area contributed by atoms with Crippen LogP contribution in [0.5, 0.6) is 0 Å². The van der Waals surface area contributed by atoms with Gasteiger partial charge in [0.25, 0.3) is 11.4 Å². The smallest absolute Gasteiger partial charge is 0.289 e. The van der Waals surface area contributed by atoms with Crippen molar-refractivity contribution in [3.05, 3.63) is 67.8 Å². The molecule has 0 aliphatic carbocycles. The Labute approximate surface area is 147 Å². The third-order valence-electron chi connectivity index (χ3n) is 3.45. The number of rotatable bonds is 6. The second-order valence-corrected chi connectivity index (χ2v) is 6.29. The van der Waals surface area contributed by atoms with Crippen LogP contribution in [0.15, 0.2) is 41.3 Å². The third kappa shape index (κ3) is 4.54. The van der Waals surface area contributed by atoms with Crippen molar-refractivity contribution < 1.29 is 14.6 Å². The van der Waals surface area contributed by atoms with Gasteiger partial charge in [0.2, 0.25) is 5.91 Å². The number of thioether (sulfide) groups is 1. The number of nitro groups is 2. The molecule has 0 unspecified atom stereocenters. The molecule has 2 aromatic carbocycles. The Morgan fingerprint density at radius 3 is 2.28 bits per heavy atom. The molecule has 0 spiro atoms. The predicted octanol–water partition coefficient (Wildman–Crippen LogP) is 3.85. The summed E-state index contributed by atoms with van der Waals surface area (Å²) in [4.78, 5) is 32.8. The number of benzene rings is 2. The minimum Gasteiger partial charge on any atom is -0.325 e. The second-order valence-electron chi connectivity index (χ2n) is 5.27. The van der Waals surface area contributed by atoms with Gasteiger partial charge in [-0.05, 0) is 31.0 Å². The van der Waals surface area contributed by atoms with Crippen LogP contribution in [0.2, 0.25) is 0 Å². The van der Waals surface area contributed by atoms with Crippen LogP contribution in [0.25, 0.3) is 0 Å². The largest absolute Gasteiger partial charge is 0.325 e. The zero-order valence-electron chi connectivity index (χ0n) is 13.5. The zero-order valence-corrected chi connectivity index (χ0v) is 14.3. The lowest BCUT2D eigenvalue weighted by atomic mass is 10.1. The van der Waals surface area contributed by atoms with Crippen LogP contribution >= 0.6 is 11.8 Å². The summed E-state index contributed by atoms with van der Waals surface area (Å²) < 4.78 is 0. The lowest BCUT2D eigenvalue weighted by Crippen LogP contribution is -2.15. The summed E-state index contributed by atoms with van der Waals surface area (Å²) in [5.41, 5.74) is 1.79. The SMILES string of the molecule is Cc1cccc(C)c1NC(=O)CSc1ccc([N+](=O)[O-])cc1[N+](=O)[O-]. The number of carbonyl (C=O) groups excluding carboxylic acids is 1. The van der Waals surface area contributed by atoms with Crippen molar-refractivity contribution in [1.29, 1.82) is 0 Å². The van der Waals surface area contributed by atoms with E-state index in [1.807, 2.05) is 32.0 Å². The van der Waals surface area contributed by atoms with Crippen molar-refractivity contribution in [2.45, 2.75) is 18.7 Å². The molecular weight excluding hydrogens is 346 g/mol. The Hall–Kier alpha value is -2.94. The van der Waals surface area contributed by atoms with Crippen LogP contribution in [0, 0.1) is 34.1 Å². The molecule has 0 heterocycles. The molecule has 0 aromatic heterocycles. The summed E-state index contributed by atoms with van der Waals surface area (Å²) in [6, 6.07) is 8.99. The number of nitrogens with one attached hydrogen (secondary N) is 1. The van der Waals surface area contributed by atoms with Crippen molar-refractivity contribution >= 4 is 34.7 Å². The first-order valence-corrected chi connectivity index (χ1v) is 8.20. The van der Waals surface area contributed by atoms with E-state index >= 15 is 0 Å². The highest BCUT2D eigenvalue weighted by Gasteiger charge is 2.20. The molecule has 130 valence electrons. The minimum absolute atomic E-state index is 0.0492. The Morgan fingerprint density at radius 2 is 1.72 bits per heavy atom. The van der Waals surface area contributed by atoms with Gasteiger partial charge < -0.3 is 5.32 Å². The average Bonchev–Trinajstić information content (AvgIpc) is 2.56. The first-order valence-electron chi connectivity index (χ1n) is 7.21. The zero-order chi connectivity index (χ0) is 18.6. The van der Waals surface area contributed by atoms with Crippen molar-refractivity contribution in [2.24, 2.45) is 0 Å². The molecule has 2 rings (SSSR count). The Bertz CT molecular complexity index is 833. The number of amides is 1. The van der Waals surface area contributed by atoms with Gasteiger partial charge >= 0.3 is 0 Å². The number of aryl methyl sites for hydroxylation is 2. The van der Waals surface area contributed by atoms with E-state index in [4.69, 9.17) is 0 Å². The summed E-state index contributed by atoms with van der Waals surface area (Å²) >= 11 is 0.959. The maximum absolute atomic E-state index is 12.1. The number of para-hydroxylation sites is 1. The molecule has 25 heavy (non-hydrogen) atoms. The fourth-order valence-corrected chi connectivity index (χ4v) is 3.02. The monoisotopic (exact) mass is 361 g/mol. The lowest BCUT2D eigenvalue weighted by Gasteiger charge is -2.11. The molecule has 2 aromatic rings. The van der Waals surface area contributed by atoms with E-state index in [1.165, 1.54) is 12.1 Å². The van der Waals surface area contributed by atoms with Crippen LogP contribution in [0.4, 0.5) is 17.1 Å². The fourth-order valence-electron chi connectivity index (χ4n) is 2.21. The third-order valence-corrected chi connectivity index (χ3v) is 4.52. The Morgan fingerprint density at radius 1 is 1.08 bits per heavy atom. The van der Waals surface area contributed by atoms with Crippen molar-refractivity contribution in [2.75, 3.05) is 11.1 Å². The normalized spacial score (nSPS) is 10.3. The van der Waals surface area contributed by atoms with Gasteiger partial charge in [0.1, 0.15) is 0 Å². The maximum atomic E-state index is 12.1. The quantitative estimate of drug-likeness (QED) is 0.474. The van der Waals surface area contributed by atoms with E-state index in [2.05, 4.69) is 5.32 Å². The Kier molecular flexibility index (Phi) is 5.71. The summed E-state index contributed by atoms with van der Waals surface area (Å²) in [5, 5.41) is 24.6. The van der Waals surface area contributed by atoms with Gasteiger partial charge in [0.05, 0.1) is 26.6 Å². The molecule has 8 nitrogen and oxygen atoms in total. The average molecular weight is 361 g/mol. The Balaban J connectivity index is 2.12. The minimum atomic E-state index is -0.699. The molecule has 0 atom stereocenters. The summed E-state index contributed by atoms with van der Waals surface area (Å²) in [5.74, 6) is -0.359. The van der Waals surface area contributed by atoms with E-state index in [1.54, 1.807) is 0 Å².